The van der Waals surface area contributed by atoms with E-state index in [-0.39, 0.29) is 43.2 Å². The van der Waals surface area contributed by atoms with E-state index in [4.69, 9.17) is 13.9 Å². The maximum atomic E-state index is 13.0. The summed E-state index contributed by atoms with van der Waals surface area (Å²) in [6.45, 7) is 7.31. The average molecular weight is 447 g/mol. The molecule has 10 nitrogen and oxygen atoms in total. The number of rotatable bonds is 4. The van der Waals surface area contributed by atoms with E-state index in [0.29, 0.717) is 5.69 Å². The normalized spacial score (nSPS) is 27.0. The fraction of sp³-hybridized carbons (Fsp3) is 0.591. The molecule has 4 bridgehead atoms. The number of hydrogen-bond donors (Lipinski definition) is 2. The first-order chi connectivity index (χ1) is 15.2. The van der Waals surface area contributed by atoms with Gasteiger partial charge in [-0.25, -0.2) is 14.8 Å². The van der Waals surface area contributed by atoms with Gasteiger partial charge in [0.05, 0.1) is 13.0 Å². The number of amides is 2. The Morgan fingerprint density at radius 1 is 1.31 bits per heavy atom. The molecule has 0 aliphatic carbocycles. The van der Waals surface area contributed by atoms with Crippen LogP contribution < -0.4 is 10.6 Å². The van der Waals surface area contributed by atoms with Crippen LogP contribution in [0.25, 0.3) is 0 Å². The summed E-state index contributed by atoms with van der Waals surface area (Å²) >= 11 is 0. The van der Waals surface area contributed by atoms with Gasteiger partial charge in [0.1, 0.15) is 25.0 Å². The molecule has 3 heterocycles. The standard InChI is InChI=1S/C22H30N4O6/c1-5-6-7-8-14-9-16(27)23-10-17-24-15(11-30-17)19-26-22(4,12-31-19)21(29)25-18(13(2)3)20(28)32-14/h7-8,11,13-14,18H,5-6,9-10,12H2,1-4H3,(H,23,27)(H,25,29)/b8-7+/t14?,18?,22-/m0/s1. The van der Waals surface area contributed by atoms with Crippen molar-refractivity contribution in [3.63, 3.8) is 0 Å². The van der Waals surface area contributed by atoms with Crippen molar-refractivity contribution in [2.24, 2.45) is 10.9 Å². The molecule has 0 fully saturated rings. The molecule has 3 rings (SSSR count). The highest BCUT2D eigenvalue weighted by atomic mass is 16.5. The molecule has 32 heavy (non-hydrogen) atoms. The first-order valence-electron chi connectivity index (χ1n) is 10.8. The molecular formula is C22H30N4O6. The topological polar surface area (TPSA) is 132 Å². The van der Waals surface area contributed by atoms with Crippen molar-refractivity contribution >= 4 is 23.7 Å². The molecule has 0 spiro atoms. The lowest BCUT2D eigenvalue weighted by Gasteiger charge is -2.26. The smallest absolute Gasteiger partial charge is 0.329 e. The number of aromatic nitrogens is 1. The Morgan fingerprint density at radius 3 is 2.81 bits per heavy atom. The minimum Gasteiger partial charge on any atom is -0.473 e. The molecule has 174 valence electrons. The molecule has 0 radical (unpaired) electrons. The van der Waals surface area contributed by atoms with Crippen molar-refractivity contribution in [2.45, 2.75) is 71.2 Å². The van der Waals surface area contributed by atoms with Crippen LogP contribution in [0.1, 0.15) is 58.5 Å². The third kappa shape index (κ3) is 5.54. The van der Waals surface area contributed by atoms with E-state index in [9.17, 15) is 14.4 Å². The summed E-state index contributed by atoms with van der Waals surface area (Å²) in [4.78, 5) is 47.1. The zero-order chi connectivity index (χ0) is 23.3. The molecule has 1 aromatic rings. The minimum absolute atomic E-state index is 0.00462. The van der Waals surface area contributed by atoms with Crippen LogP contribution in [-0.4, -0.2) is 53.0 Å². The number of aliphatic imine (C=N–C) groups is 1. The highest BCUT2D eigenvalue weighted by molar-refractivity contribution is 5.99. The van der Waals surface area contributed by atoms with E-state index in [2.05, 4.69) is 20.6 Å². The number of nitrogens with zero attached hydrogens (tertiary/aromatic N) is 2. The molecule has 2 unspecified atom stereocenters. The first-order valence-corrected chi connectivity index (χ1v) is 10.8. The van der Waals surface area contributed by atoms with E-state index in [1.807, 2.05) is 13.0 Å². The maximum Gasteiger partial charge on any atom is 0.329 e. The molecule has 10 heteroatoms. The number of ether oxygens (including phenoxy) is 2. The monoisotopic (exact) mass is 446 g/mol. The molecule has 0 saturated carbocycles. The number of oxazole rings is 1. The number of hydrogen-bond acceptors (Lipinski definition) is 8. The van der Waals surface area contributed by atoms with Crippen LogP contribution in [0, 0.1) is 5.92 Å². The lowest BCUT2D eigenvalue weighted by molar-refractivity contribution is -0.153. The predicted molar refractivity (Wildman–Crippen MR) is 115 cm³/mol. The maximum absolute atomic E-state index is 13.0. The third-order valence-corrected chi connectivity index (χ3v) is 5.20. The second kappa shape index (κ2) is 9.97. The number of carbonyl (C=O) groups excluding carboxylic acids is 3. The van der Waals surface area contributed by atoms with Crippen LogP contribution in [0.4, 0.5) is 0 Å². The van der Waals surface area contributed by atoms with Gasteiger partial charge in [-0.3, -0.25) is 9.59 Å². The van der Waals surface area contributed by atoms with Gasteiger partial charge in [-0.1, -0.05) is 33.3 Å². The zero-order valence-corrected chi connectivity index (χ0v) is 18.8. The Morgan fingerprint density at radius 2 is 2.09 bits per heavy atom. The van der Waals surface area contributed by atoms with E-state index in [0.717, 1.165) is 12.8 Å². The molecule has 3 atom stereocenters. The molecule has 0 saturated heterocycles. The molecule has 2 aliphatic heterocycles. The molecule has 0 aromatic carbocycles. The third-order valence-electron chi connectivity index (χ3n) is 5.20. The zero-order valence-electron chi connectivity index (χ0n) is 18.8. The first kappa shape index (κ1) is 23.5. The van der Waals surface area contributed by atoms with Crippen LogP contribution in [-0.2, 0) is 30.4 Å². The lowest BCUT2D eigenvalue weighted by Crippen LogP contribution is -2.53. The summed E-state index contributed by atoms with van der Waals surface area (Å²) in [5.74, 6) is -1.22. The Hall–Kier alpha value is -3.17. The van der Waals surface area contributed by atoms with Crippen LogP contribution in [0.3, 0.4) is 0 Å². The van der Waals surface area contributed by atoms with Gasteiger partial charge < -0.3 is 24.5 Å². The van der Waals surface area contributed by atoms with Gasteiger partial charge in [-0.05, 0) is 25.3 Å². The number of esters is 1. The Kier molecular flexibility index (Phi) is 7.32. The molecule has 1 aromatic heterocycles. The van der Waals surface area contributed by atoms with Crippen molar-refractivity contribution in [2.75, 3.05) is 6.61 Å². The van der Waals surface area contributed by atoms with E-state index < -0.39 is 29.6 Å². The van der Waals surface area contributed by atoms with Gasteiger partial charge in [-0.2, -0.15) is 0 Å². The van der Waals surface area contributed by atoms with Crippen molar-refractivity contribution in [1.29, 1.82) is 0 Å². The summed E-state index contributed by atoms with van der Waals surface area (Å²) < 4.78 is 16.6. The van der Waals surface area contributed by atoms with Gasteiger partial charge in [-0.15, -0.1) is 0 Å². The molecule has 2 amide bonds. The Bertz CT molecular complexity index is 921. The van der Waals surface area contributed by atoms with E-state index in [1.54, 1.807) is 26.8 Å². The molecule has 2 aliphatic rings. The van der Waals surface area contributed by atoms with Crippen LogP contribution in [0.5, 0.6) is 0 Å². The predicted octanol–water partition coefficient (Wildman–Crippen LogP) is 1.64. The van der Waals surface area contributed by atoms with Gasteiger partial charge in [0.25, 0.3) is 5.91 Å². The van der Waals surface area contributed by atoms with Crippen molar-refractivity contribution in [3.8, 4) is 0 Å². The van der Waals surface area contributed by atoms with Gasteiger partial charge in [0.2, 0.25) is 17.7 Å². The highest BCUT2D eigenvalue weighted by Gasteiger charge is 2.43. The molecule has 2 N–H and O–H groups in total. The summed E-state index contributed by atoms with van der Waals surface area (Å²) in [6.07, 6.45) is 5.82. The second-order valence-electron chi connectivity index (χ2n) is 8.47. The Balaban J connectivity index is 1.92. The summed E-state index contributed by atoms with van der Waals surface area (Å²) in [5.41, 5.74) is -0.897. The SMILES string of the molecule is CCC/C=C/C1CC(=O)NCc2nc(co2)C2=N[C@@](C)(CO2)C(=O)NC(C(C)C)C(=O)O1. The summed E-state index contributed by atoms with van der Waals surface area (Å²) in [6, 6.07) is -0.907. The summed E-state index contributed by atoms with van der Waals surface area (Å²) in [5, 5.41) is 5.46. The number of carbonyl (C=O) groups is 3. The fourth-order valence-corrected chi connectivity index (χ4v) is 3.25. The largest absolute Gasteiger partial charge is 0.473 e. The Labute approximate surface area is 186 Å². The van der Waals surface area contributed by atoms with Gasteiger partial charge >= 0.3 is 5.97 Å². The van der Waals surface area contributed by atoms with Gasteiger partial charge in [0, 0.05) is 0 Å². The van der Waals surface area contributed by atoms with Crippen LogP contribution >= 0.6 is 0 Å². The lowest BCUT2D eigenvalue weighted by atomic mass is 10.00. The van der Waals surface area contributed by atoms with Crippen LogP contribution in [0.15, 0.2) is 27.8 Å². The number of fused-ring (bicyclic) bond motifs is 4. The number of cyclic esters (lactones) is 1. The second-order valence-corrected chi connectivity index (χ2v) is 8.47. The number of unbranched alkanes of at least 4 members (excludes halogenated alkanes) is 1. The van der Waals surface area contributed by atoms with Crippen molar-refractivity contribution in [3.05, 3.63) is 30.0 Å². The van der Waals surface area contributed by atoms with Gasteiger partial charge in [0.15, 0.2) is 11.2 Å². The van der Waals surface area contributed by atoms with Crippen LogP contribution in [0.2, 0.25) is 0 Å². The fourth-order valence-electron chi connectivity index (χ4n) is 3.25. The minimum atomic E-state index is -1.23. The average Bonchev–Trinajstić information content (AvgIpc) is 3.37. The van der Waals surface area contributed by atoms with E-state index in [1.165, 1.54) is 6.26 Å². The molecular weight excluding hydrogens is 416 g/mol. The van der Waals surface area contributed by atoms with E-state index >= 15 is 0 Å². The van der Waals surface area contributed by atoms with Crippen molar-refractivity contribution in [1.82, 2.24) is 15.6 Å². The number of allylic oxidation sites excluding steroid dienone is 1. The highest BCUT2D eigenvalue weighted by Crippen LogP contribution is 2.23. The van der Waals surface area contributed by atoms with Crippen molar-refractivity contribution < 1.29 is 28.3 Å². The number of nitrogens with one attached hydrogen (secondary N) is 2. The quantitative estimate of drug-likeness (QED) is 0.531. The summed E-state index contributed by atoms with van der Waals surface area (Å²) in [7, 11) is 0.